The highest BCUT2D eigenvalue weighted by Gasteiger charge is 2.21. The Labute approximate surface area is 202 Å². The van der Waals surface area contributed by atoms with E-state index in [1.165, 1.54) is 53.3 Å². The third-order valence-electron chi connectivity index (χ3n) is 5.30. The van der Waals surface area contributed by atoms with E-state index in [-0.39, 0.29) is 5.56 Å². The number of benzene rings is 3. The van der Waals surface area contributed by atoms with Crippen molar-refractivity contribution in [3.05, 3.63) is 136 Å². The fraction of sp³-hybridized carbons (Fsp3) is 0.0741. The summed E-state index contributed by atoms with van der Waals surface area (Å²) in [5, 5.41) is 1.20. The Morgan fingerprint density at radius 2 is 1.35 bits per heavy atom. The topological polar surface area (TPSA) is 68.6 Å². The molecule has 0 N–H and O–H groups in total. The first-order valence-electron chi connectivity index (χ1n) is 10.5. The zero-order chi connectivity index (χ0) is 24.1. The van der Waals surface area contributed by atoms with Crippen LogP contribution in [0.2, 0.25) is 0 Å². The van der Waals surface area contributed by atoms with Gasteiger partial charge in [-0.1, -0.05) is 60.7 Å². The van der Waals surface area contributed by atoms with Crippen molar-refractivity contribution in [2.75, 3.05) is 12.1 Å². The number of carbonyl (C=O) groups excluding carboxylic acids is 2. The van der Waals surface area contributed by atoms with Crippen molar-refractivity contribution in [1.29, 1.82) is 0 Å². The highest BCUT2D eigenvalue weighted by molar-refractivity contribution is 7.80. The molecule has 0 saturated heterocycles. The van der Waals surface area contributed by atoms with Crippen LogP contribution in [0.25, 0.3) is 0 Å². The quantitative estimate of drug-likeness (QED) is 0.333. The molecule has 4 rings (SSSR count). The van der Waals surface area contributed by atoms with E-state index in [9.17, 15) is 14.4 Å². The van der Waals surface area contributed by atoms with Gasteiger partial charge in [0, 0.05) is 29.8 Å². The highest BCUT2D eigenvalue weighted by atomic mass is 32.1. The lowest BCUT2D eigenvalue weighted by molar-refractivity contribution is 0.0378. The number of hydrogen-bond acceptors (Lipinski definition) is 5. The molecule has 1 amide bonds. The Hall–Kier alpha value is -4.10. The van der Waals surface area contributed by atoms with Crippen LogP contribution in [0.5, 0.6) is 0 Å². The fourth-order valence-corrected chi connectivity index (χ4v) is 3.68. The second-order valence-corrected chi connectivity index (χ2v) is 8.10. The van der Waals surface area contributed by atoms with Crippen molar-refractivity contribution in [3.8, 4) is 0 Å². The van der Waals surface area contributed by atoms with Crippen LogP contribution < -0.4 is 10.6 Å². The third-order valence-corrected chi connectivity index (χ3v) is 5.58. The van der Waals surface area contributed by atoms with E-state index < -0.39 is 18.0 Å². The fourth-order valence-electron chi connectivity index (χ4n) is 3.50. The summed E-state index contributed by atoms with van der Waals surface area (Å²) in [6.45, 7) is 0. The SMILES string of the molecule is CN(C(=O)c1ccc(C(=O)OC(c2ccccc2)c2ccccc2)cc1)n1ccc(S)cc1=O. The molecule has 0 aliphatic carbocycles. The molecular formula is C27H22N2O4S. The van der Waals surface area contributed by atoms with Gasteiger partial charge in [-0.15, -0.1) is 12.6 Å². The summed E-state index contributed by atoms with van der Waals surface area (Å²) < 4.78 is 7.05. The van der Waals surface area contributed by atoms with Crippen molar-refractivity contribution < 1.29 is 14.3 Å². The minimum Gasteiger partial charge on any atom is -0.449 e. The highest BCUT2D eigenvalue weighted by Crippen LogP contribution is 2.27. The van der Waals surface area contributed by atoms with Gasteiger partial charge in [-0.2, -0.15) is 0 Å². The summed E-state index contributed by atoms with van der Waals surface area (Å²) in [4.78, 5) is 38.5. The van der Waals surface area contributed by atoms with Crippen LogP contribution in [-0.2, 0) is 4.74 Å². The summed E-state index contributed by atoms with van der Waals surface area (Å²) in [6, 6.07) is 28.1. The summed E-state index contributed by atoms with van der Waals surface area (Å²) >= 11 is 4.13. The molecule has 0 unspecified atom stereocenters. The predicted molar refractivity (Wildman–Crippen MR) is 133 cm³/mol. The Morgan fingerprint density at radius 1 is 0.824 bits per heavy atom. The molecule has 6 nitrogen and oxygen atoms in total. The number of hydrogen-bond donors (Lipinski definition) is 1. The molecule has 0 fully saturated rings. The van der Waals surface area contributed by atoms with E-state index in [0.29, 0.717) is 16.0 Å². The molecule has 0 saturated carbocycles. The van der Waals surface area contributed by atoms with Gasteiger partial charge in [-0.25, -0.2) is 14.5 Å². The van der Waals surface area contributed by atoms with Crippen LogP contribution in [0.4, 0.5) is 0 Å². The zero-order valence-electron chi connectivity index (χ0n) is 18.4. The van der Waals surface area contributed by atoms with E-state index in [1.54, 1.807) is 6.07 Å². The molecule has 170 valence electrons. The molecule has 34 heavy (non-hydrogen) atoms. The Morgan fingerprint density at radius 3 is 1.88 bits per heavy atom. The van der Waals surface area contributed by atoms with Crippen LogP contribution >= 0.6 is 12.6 Å². The van der Waals surface area contributed by atoms with Crippen molar-refractivity contribution in [3.63, 3.8) is 0 Å². The molecule has 1 heterocycles. The number of esters is 1. The van der Waals surface area contributed by atoms with Gasteiger partial charge in [-0.05, 0) is 41.5 Å². The first-order chi connectivity index (χ1) is 16.4. The van der Waals surface area contributed by atoms with Gasteiger partial charge < -0.3 is 4.74 Å². The van der Waals surface area contributed by atoms with Crippen molar-refractivity contribution in [1.82, 2.24) is 4.68 Å². The third kappa shape index (κ3) is 5.10. The molecule has 0 bridgehead atoms. The van der Waals surface area contributed by atoms with E-state index in [1.807, 2.05) is 60.7 Å². The number of ether oxygens (including phenoxy) is 1. The van der Waals surface area contributed by atoms with Gasteiger partial charge in [0.05, 0.1) is 5.56 Å². The smallest absolute Gasteiger partial charge is 0.339 e. The molecule has 0 spiro atoms. The number of thiol groups is 1. The Balaban J connectivity index is 1.53. The number of aromatic nitrogens is 1. The summed E-state index contributed by atoms with van der Waals surface area (Å²) in [5.41, 5.74) is 1.97. The average molecular weight is 471 g/mol. The first kappa shape index (κ1) is 23.1. The van der Waals surface area contributed by atoms with Crippen LogP contribution in [0.3, 0.4) is 0 Å². The van der Waals surface area contributed by atoms with Crippen LogP contribution in [0.1, 0.15) is 37.9 Å². The molecule has 0 atom stereocenters. The largest absolute Gasteiger partial charge is 0.449 e. The second-order valence-electron chi connectivity index (χ2n) is 7.58. The minimum absolute atomic E-state index is 0.313. The summed E-state index contributed by atoms with van der Waals surface area (Å²) in [5.74, 6) is -0.911. The zero-order valence-corrected chi connectivity index (χ0v) is 19.3. The number of nitrogens with zero attached hydrogens (tertiary/aromatic N) is 2. The van der Waals surface area contributed by atoms with Crippen molar-refractivity contribution in [2.45, 2.75) is 11.0 Å². The van der Waals surface area contributed by atoms with Gasteiger partial charge >= 0.3 is 5.97 Å². The maximum Gasteiger partial charge on any atom is 0.339 e. The van der Waals surface area contributed by atoms with Gasteiger partial charge in [-0.3, -0.25) is 9.59 Å². The number of pyridine rings is 1. The monoisotopic (exact) mass is 470 g/mol. The molecule has 1 aromatic heterocycles. The summed E-state index contributed by atoms with van der Waals surface area (Å²) in [7, 11) is 1.49. The van der Waals surface area contributed by atoms with Crippen LogP contribution in [0.15, 0.2) is 113 Å². The lowest BCUT2D eigenvalue weighted by Crippen LogP contribution is -2.42. The number of rotatable bonds is 6. The maximum absolute atomic E-state index is 12.9. The van der Waals surface area contributed by atoms with Gasteiger partial charge in [0.2, 0.25) is 0 Å². The Kier molecular flexibility index (Phi) is 6.94. The molecular weight excluding hydrogens is 448 g/mol. The molecule has 4 aromatic rings. The van der Waals surface area contributed by atoms with Gasteiger partial charge in [0.25, 0.3) is 11.5 Å². The van der Waals surface area contributed by atoms with E-state index in [0.717, 1.165) is 11.1 Å². The minimum atomic E-state index is -0.566. The molecule has 0 radical (unpaired) electrons. The van der Waals surface area contributed by atoms with Gasteiger partial charge in [0.1, 0.15) is 0 Å². The summed E-state index contributed by atoms with van der Waals surface area (Å²) in [6.07, 6.45) is 0.908. The molecule has 3 aromatic carbocycles. The van der Waals surface area contributed by atoms with E-state index >= 15 is 0 Å². The Bertz CT molecular complexity index is 1310. The molecule has 0 aliphatic heterocycles. The standard InChI is InChI=1S/C27H22N2O4S/c1-28(29-17-16-23(34)18-24(29)30)26(31)21-12-14-22(15-13-21)27(32)33-25(19-8-4-2-5-9-19)20-10-6-3-7-11-20/h2-18,25,34H,1H3. The van der Waals surface area contributed by atoms with E-state index in [4.69, 9.17) is 4.74 Å². The molecule has 7 heteroatoms. The number of carbonyl (C=O) groups is 2. The second kappa shape index (κ2) is 10.2. The van der Waals surface area contributed by atoms with Gasteiger partial charge in [0.15, 0.2) is 6.10 Å². The lowest BCUT2D eigenvalue weighted by Gasteiger charge is -2.20. The predicted octanol–water partition coefficient (Wildman–Crippen LogP) is 4.49. The number of amides is 1. The maximum atomic E-state index is 12.9. The lowest BCUT2D eigenvalue weighted by atomic mass is 10.0. The first-order valence-corrected chi connectivity index (χ1v) is 11.0. The van der Waals surface area contributed by atoms with E-state index in [2.05, 4.69) is 12.6 Å². The van der Waals surface area contributed by atoms with Crippen molar-refractivity contribution >= 4 is 24.5 Å². The molecule has 0 aliphatic rings. The van der Waals surface area contributed by atoms with Crippen LogP contribution in [0, 0.1) is 0 Å². The van der Waals surface area contributed by atoms with Crippen molar-refractivity contribution in [2.24, 2.45) is 0 Å². The van der Waals surface area contributed by atoms with Crippen LogP contribution in [-0.4, -0.2) is 23.6 Å². The normalized spacial score (nSPS) is 10.7. The average Bonchev–Trinajstić information content (AvgIpc) is 2.87.